The average Bonchev–Trinajstić information content (AvgIpc) is 2.98. The average molecular weight is 288 g/mol. The van der Waals surface area contributed by atoms with E-state index in [1.54, 1.807) is 11.3 Å². The lowest BCUT2D eigenvalue weighted by atomic mass is 10.1. The van der Waals surface area contributed by atoms with Gasteiger partial charge in [-0.15, -0.1) is 11.3 Å². The highest BCUT2D eigenvalue weighted by atomic mass is 32.1. The molecule has 0 saturated carbocycles. The molecule has 0 saturated heterocycles. The molecule has 0 aliphatic carbocycles. The molecule has 1 aromatic heterocycles. The summed E-state index contributed by atoms with van der Waals surface area (Å²) in [6, 6.07) is 12.5. The van der Waals surface area contributed by atoms with Crippen molar-refractivity contribution in [3.8, 4) is 0 Å². The van der Waals surface area contributed by atoms with Gasteiger partial charge >= 0.3 is 0 Å². The number of amides is 1. The number of rotatable bonds is 6. The summed E-state index contributed by atoms with van der Waals surface area (Å²) < 4.78 is 0. The molecule has 2 rings (SSSR count). The van der Waals surface area contributed by atoms with Gasteiger partial charge in [0.1, 0.15) is 0 Å². The molecule has 1 amide bonds. The van der Waals surface area contributed by atoms with E-state index in [9.17, 15) is 4.79 Å². The van der Waals surface area contributed by atoms with Crippen molar-refractivity contribution in [1.82, 2.24) is 5.32 Å². The number of hydrogen-bond donors (Lipinski definition) is 2. The van der Waals surface area contributed by atoms with Gasteiger partial charge < -0.3 is 10.6 Å². The van der Waals surface area contributed by atoms with Gasteiger partial charge in [0, 0.05) is 29.6 Å². The standard InChI is InChI=1S/C16H20N2OS/c1-3-16(19)18-14-8-6-13(7-9-14)12(2)17-11-15-5-4-10-20-15/h4-10,12,17H,3,11H2,1-2H3,(H,18,19)/t12-/m1/s1. The van der Waals surface area contributed by atoms with Crippen LogP contribution < -0.4 is 10.6 Å². The minimum absolute atomic E-state index is 0.0432. The third-order valence-electron chi connectivity index (χ3n) is 3.18. The van der Waals surface area contributed by atoms with Crippen molar-refractivity contribution in [3.05, 3.63) is 52.2 Å². The number of carbonyl (C=O) groups excluding carboxylic acids is 1. The monoisotopic (exact) mass is 288 g/mol. The van der Waals surface area contributed by atoms with Crippen molar-refractivity contribution in [3.63, 3.8) is 0 Å². The second-order valence-corrected chi connectivity index (χ2v) is 5.74. The van der Waals surface area contributed by atoms with E-state index in [0.717, 1.165) is 12.2 Å². The minimum atomic E-state index is 0.0432. The quantitative estimate of drug-likeness (QED) is 0.845. The molecule has 1 heterocycles. The largest absolute Gasteiger partial charge is 0.326 e. The molecule has 2 aromatic rings. The van der Waals surface area contributed by atoms with E-state index in [4.69, 9.17) is 0 Å². The molecule has 20 heavy (non-hydrogen) atoms. The Morgan fingerprint density at radius 2 is 2.00 bits per heavy atom. The fourth-order valence-corrected chi connectivity index (χ4v) is 2.54. The lowest BCUT2D eigenvalue weighted by molar-refractivity contribution is -0.115. The maximum atomic E-state index is 11.3. The number of carbonyl (C=O) groups is 1. The highest BCUT2D eigenvalue weighted by Crippen LogP contribution is 2.17. The molecule has 0 fully saturated rings. The van der Waals surface area contributed by atoms with Crippen molar-refractivity contribution in [1.29, 1.82) is 0 Å². The van der Waals surface area contributed by atoms with E-state index < -0.39 is 0 Å². The molecule has 0 spiro atoms. The van der Waals surface area contributed by atoms with Gasteiger partial charge in [-0.05, 0) is 36.1 Å². The van der Waals surface area contributed by atoms with Crippen LogP contribution in [0.25, 0.3) is 0 Å². The first-order valence-electron chi connectivity index (χ1n) is 6.84. The first-order chi connectivity index (χ1) is 9.69. The zero-order valence-electron chi connectivity index (χ0n) is 11.8. The third-order valence-corrected chi connectivity index (χ3v) is 4.05. The van der Waals surface area contributed by atoms with Crippen LogP contribution in [0.4, 0.5) is 5.69 Å². The molecular formula is C16H20N2OS. The van der Waals surface area contributed by atoms with E-state index in [0.29, 0.717) is 6.42 Å². The normalized spacial score (nSPS) is 12.1. The van der Waals surface area contributed by atoms with Gasteiger partial charge in [0.25, 0.3) is 0 Å². The Hall–Kier alpha value is -1.65. The molecule has 0 aliphatic rings. The summed E-state index contributed by atoms with van der Waals surface area (Å²) in [5.41, 5.74) is 2.07. The maximum absolute atomic E-state index is 11.3. The fraction of sp³-hybridized carbons (Fsp3) is 0.312. The molecule has 0 unspecified atom stereocenters. The van der Waals surface area contributed by atoms with Crippen LogP contribution in [0, 0.1) is 0 Å². The summed E-state index contributed by atoms with van der Waals surface area (Å²) in [7, 11) is 0. The van der Waals surface area contributed by atoms with Gasteiger partial charge in [-0.3, -0.25) is 4.79 Å². The van der Waals surface area contributed by atoms with Gasteiger partial charge in [-0.25, -0.2) is 0 Å². The maximum Gasteiger partial charge on any atom is 0.224 e. The van der Waals surface area contributed by atoms with Crippen molar-refractivity contribution in [2.45, 2.75) is 32.9 Å². The summed E-state index contributed by atoms with van der Waals surface area (Å²) in [4.78, 5) is 12.6. The molecule has 0 radical (unpaired) electrons. The van der Waals surface area contributed by atoms with Crippen LogP contribution in [-0.4, -0.2) is 5.91 Å². The van der Waals surface area contributed by atoms with Crippen LogP contribution in [0.1, 0.15) is 36.8 Å². The van der Waals surface area contributed by atoms with E-state index in [2.05, 4.69) is 47.2 Å². The molecule has 4 heteroatoms. The number of benzene rings is 1. The van der Waals surface area contributed by atoms with E-state index >= 15 is 0 Å². The molecule has 106 valence electrons. The van der Waals surface area contributed by atoms with Crippen LogP contribution in [0.15, 0.2) is 41.8 Å². The van der Waals surface area contributed by atoms with Crippen LogP contribution in [-0.2, 0) is 11.3 Å². The molecule has 0 bridgehead atoms. The van der Waals surface area contributed by atoms with Gasteiger partial charge in [0.2, 0.25) is 5.91 Å². The highest BCUT2D eigenvalue weighted by Gasteiger charge is 2.06. The summed E-state index contributed by atoms with van der Waals surface area (Å²) in [6.07, 6.45) is 0.501. The SMILES string of the molecule is CCC(=O)Nc1ccc([C@@H](C)NCc2cccs2)cc1. The molecular weight excluding hydrogens is 268 g/mol. The topological polar surface area (TPSA) is 41.1 Å². The van der Waals surface area contributed by atoms with Crippen LogP contribution in [0.2, 0.25) is 0 Å². The van der Waals surface area contributed by atoms with Crippen molar-refractivity contribution >= 4 is 22.9 Å². The molecule has 0 aliphatic heterocycles. The molecule has 3 nitrogen and oxygen atoms in total. The lowest BCUT2D eigenvalue weighted by Crippen LogP contribution is -2.17. The summed E-state index contributed by atoms with van der Waals surface area (Å²) in [5.74, 6) is 0.0432. The molecule has 1 aromatic carbocycles. The van der Waals surface area contributed by atoms with Gasteiger partial charge in [-0.2, -0.15) is 0 Å². The van der Waals surface area contributed by atoms with Crippen molar-refractivity contribution in [2.75, 3.05) is 5.32 Å². The van der Waals surface area contributed by atoms with Gasteiger partial charge in [0.05, 0.1) is 0 Å². The Bertz CT molecular complexity index is 534. The minimum Gasteiger partial charge on any atom is -0.326 e. The van der Waals surface area contributed by atoms with E-state index in [1.807, 2.05) is 19.1 Å². The number of thiophene rings is 1. The first kappa shape index (κ1) is 14.8. The predicted molar refractivity (Wildman–Crippen MR) is 84.9 cm³/mol. The van der Waals surface area contributed by atoms with Gasteiger partial charge in [0.15, 0.2) is 0 Å². The smallest absolute Gasteiger partial charge is 0.224 e. The third kappa shape index (κ3) is 4.18. The Labute approximate surface area is 124 Å². The second-order valence-electron chi connectivity index (χ2n) is 4.71. The van der Waals surface area contributed by atoms with Crippen LogP contribution in [0.3, 0.4) is 0 Å². The highest BCUT2D eigenvalue weighted by molar-refractivity contribution is 7.09. The van der Waals surface area contributed by atoms with E-state index in [1.165, 1.54) is 10.4 Å². The zero-order chi connectivity index (χ0) is 14.4. The zero-order valence-corrected chi connectivity index (χ0v) is 12.7. The van der Waals surface area contributed by atoms with E-state index in [-0.39, 0.29) is 11.9 Å². The van der Waals surface area contributed by atoms with Gasteiger partial charge in [-0.1, -0.05) is 25.1 Å². The van der Waals surface area contributed by atoms with Crippen molar-refractivity contribution < 1.29 is 4.79 Å². The number of hydrogen-bond acceptors (Lipinski definition) is 3. The Balaban J connectivity index is 1.90. The van der Waals surface area contributed by atoms with Crippen LogP contribution in [0.5, 0.6) is 0 Å². The second kappa shape index (κ2) is 7.22. The Morgan fingerprint density at radius 3 is 2.60 bits per heavy atom. The number of anilines is 1. The first-order valence-corrected chi connectivity index (χ1v) is 7.72. The predicted octanol–water partition coefficient (Wildman–Crippen LogP) is 3.95. The van der Waals surface area contributed by atoms with Crippen LogP contribution >= 0.6 is 11.3 Å². The summed E-state index contributed by atoms with van der Waals surface area (Å²) in [6.45, 7) is 4.88. The summed E-state index contributed by atoms with van der Waals surface area (Å²) in [5, 5.41) is 8.44. The fourth-order valence-electron chi connectivity index (χ4n) is 1.89. The number of nitrogens with one attached hydrogen (secondary N) is 2. The molecule has 1 atom stereocenters. The Kier molecular flexibility index (Phi) is 5.32. The summed E-state index contributed by atoms with van der Waals surface area (Å²) >= 11 is 1.76. The van der Waals surface area contributed by atoms with Crippen molar-refractivity contribution in [2.24, 2.45) is 0 Å². The molecule has 2 N–H and O–H groups in total. The lowest BCUT2D eigenvalue weighted by Gasteiger charge is -2.14. The Morgan fingerprint density at radius 1 is 1.25 bits per heavy atom.